The average molecular weight is 342 g/mol. The van der Waals surface area contributed by atoms with Crippen molar-refractivity contribution in [3.8, 4) is 0 Å². The molecule has 4 nitrogen and oxygen atoms in total. The predicted molar refractivity (Wildman–Crippen MR) is 94.4 cm³/mol. The summed E-state index contributed by atoms with van der Waals surface area (Å²) in [6.45, 7) is 15.5. The normalized spacial score (nSPS) is 20.0. The molecular weight excluding hydrogens is 309 g/mol. The lowest BCUT2D eigenvalue weighted by atomic mass is 9.86. The third kappa shape index (κ3) is 6.72. The lowest BCUT2D eigenvalue weighted by Crippen LogP contribution is -2.49. The predicted octanol–water partition coefficient (Wildman–Crippen LogP) is 2.39. The molecule has 0 radical (unpaired) electrons. The standard InChI is InChI=1S/C15H31N3O.2ClH/c1-6-17(7-2)10-12-8-9-18(11-12)14(19)13(16)15(3,4)5;;/h12-13H,6-11,16H2,1-5H3;2*1H/t12?,13-;;/m1../s1. The quantitative estimate of drug-likeness (QED) is 0.835. The molecule has 0 aromatic heterocycles. The van der Waals surface area contributed by atoms with Crippen molar-refractivity contribution in [3.63, 3.8) is 0 Å². The summed E-state index contributed by atoms with van der Waals surface area (Å²) < 4.78 is 0. The minimum Gasteiger partial charge on any atom is -0.341 e. The van der Waals surface area contributed by atoms with Gasteiger partial charge >= 0.3 is 0 Å². The van der Waals surface area contributed by atoms with Crippen LogP contribution in [0.1, 0.15) is 41.0 Å². The van der Waals surface area contributed by atoms with Gasteiger partial charge in [0.15, 0.2) is 0 Å². The van der Waals surface area contributed by atoms with Gasteiger partial charge in [0.2, 0.25) is 5.91 Å². The van der Waals surface area contributed by atoms with Crippen LogP contribution in [-0.4, -0.2) is 54.5 Å². The van der Waals surface area contributed by atoms with Crippen molar-refractivity contribution >= 4 is 30.7 Å². The van der Waals surface area contributed by atoms with Crippen molar-refractivity contribution in [2.24, 2.45) is 17.1 Å². The van der Waals surface area contributed by atoms with Crippen molar-refractivity contribution in [2.75, 3.05) is 32.7 Å². The number of hydrogen-bond donors (Lipinski definition) is 1. The summed E-state index contributed by atoms with van der Waals surface area (Å²) >= 11 is 0. The van der Waals surface area contributed by atoms with Crippen LogP contribution >= 0.6 is 24.8 Å². The number of halogens is 2. The van der Waals surface area contributed by atoms with Crippen LogP contribution < -0.4 is 5.73 Å². The van der Waals surface area contributed by atoms with E-state index in [1.54, 1.807) is 0 Å². The Balaban J connectivity index is 0. The molecule has 0 aromatic carbocycles. The lowest BCUT2D eigenvalue weighted by Gasteiger charge is -2.30. The fraction of sp³-hybridized carbons (Fsp3) is 0.933. The number of nitrogens with two attached hydrogens (primary N) is 1. The largest absolute Gasteiger partial charge is 0.341 e. The van der Waals surface area contributed by atoms with Crippen LogP contribution in [0.25, 0.3) is 0 Å². The van der Waals surface area contributed by atoms with Crippen LogP contribution in [-0.2, 0) is 4.79 Å². The second-order valence-electron chi connectivity index (χ2n) is 6.77. The Morgan fingerprint density at radius 1 is 1.29 bits per heavy atom. The highest BCUT2D eigenvalue weighted by atomic mass is 35.5. The molecule has 0 bridgehead atoms. The Kier molecular flexibility index (Phi) is 10.9. The molecule has 0 aromatic rings. The minimum absolute atomic E-state index is 0. The van der Waals surface area contributed by atoms with Crippen LogP contribution in [0, 0.1) is 11.3 Å². The smallest absolute Gasteiger partial charge is 0.240 e. The van der Waals surface area contributed by atoms with Crippen LogP contribution in [0.15, 0.2) is 0 Å². The zero-order valence-electron chi connectivity index (χ0n) is 14.1. The van der Waals surface area contributed by atoms with Gasteiger partial charge in [0.1, 0.15) is 0 Å². The number of amides is 1. The maximum Gasteiger partial charge on any atom is 0.240 e. The Morgan fingerprint density at radius 2 is 1.81 bits per heavy atom. The molecule has 128 valence electrons. The first-order valence-corrected chi connectivity index (χ1v) is 7.56. The van der Waals surface area contributed by atoms with E-state index in [0.29, 0.717) is 5.92 Å². The van der Waals surface area contributed by atoms with Gasteiger partial charge in [-0.15, -0.1) is 24.8 Å². The van der Waals surface area contributed by atoms with E-state index in [1.807, 2.05) is 25.7 Å². The van der Waals surface area contributed by atoms with E-state index in [4.69, 9.17) is 5.73 Å². The summed E-state index contributed by atoms with van der Waals surface area (Å²) in [4.78, 5) is 16.7. The minimum atomic E-state index is -0.389. The van der Waals surface area contributed by atoms with Gasteiger partial charge in [-0.3, -0.25) is 4.79 Å². The molecule has 1 heterocycles. The van der Waals surface area contributed by atoms with Crippen LogP contribution in [0.3, 0.4) is 0 Å². The zero-order chi connectivity index (χ0) is 14.6. The summed E-state index contributed by atoms with van der Waals surface area (Å²) in [6.07, 6.45) is 1.11. The first kappa shape index (κ1) is 23.2. The van der Waals surface area contributed by atoms with Crippen molar-refractivity contribution in [1.82, 2.24) is 9.80 Å². The molecule has 0 aliphatic carbocycles. The maximum atomic E-state index is 12.3. The first-order chi connectivity index (χ1) is 8.79. The van der Waals surface area contributed by atoms with Gasteiger partial charge in [-0.1, -0.05) is 34.6 Å². The van der Waals surface area contributed by atoms with Gasteiger partial charge < -0.3 is 15.5 Å². The summed E-state index contributed by atoms with van der Waals surface area (Å²) in [6, 6.07) is -0.389. The molecule has 1 amide bonds. The highest BCUT2D eigenvalue weighted by Crippen LogP contribution is 2.23. The van der Waals surface area contributed by atoms with Gasteiger partial charge in [0.05, 0.1) is 6.04 Å². The Labute approximate surface area is 142 Å². The number of carbonyl (C=O) groups is 1. The maximum absolute atomic E-state index is 12.3. The monoisotopic (exact) mass is 341 g/mol. The second-order valence-corrected chi connectivity index (χ2v) is 6.77. The van der Waals surface area contributed by atoms with Crippen molar-refractivity contribution in [2.45, 2.75) is 47.1 Å². The molecule has 1 saturated heterocycles. The fourth-order valence-corrected chi connectivity index (χ4v) is 2.60. The highest BCUT2D eigenvalue weighted by Gasteiger charge is 2.34. The highest BCUT2D eigenvalue weighted by molar-refractivity contribution is 5.85. The van der Waals surface area contributed by atoms with E-state index in [1.165, 1.54) is 0 Å². The van der Waals surface area contributed by atoms with Gasteiger partial charge in [-0.05, 0) is 30.8 Å². The molecular formula is C15H33Cl2N3O. The number of nitrogens with zero attached hydrogens (tertiary/aromatic N) is 2. The number of rotatable bonds is 5. The molecule has 1 fully saturated rings. The van der Waals surface area contributed by atoms with Crippen molar-refractivity contribution in [3.05, 3.63) is 0 Å². The van der Waals surface area contributed by atoms with E-state index < -0.39 is 0 Å². The summed E-state index contributed by atoms with van der Waals surface area (Å²) in [5, 5.41) is 0. The molecule has 1 aliphatic heterocycles. The van der Waals surface area contributed by atoms with Gasteiger partial charge in [0.25, 0.3) is 0 Å². The molecule has 1 aliphatic rings. The van der Waals surface area contributed by atoms with Gasteiger partial charge in [0, 0.05) is 19.6 Å². The van der Waals surface area contributed by atoms with E-state index >= 15 is 0 Å². The fourth-order valence-electron chi connectivity index (χ4n) is 2.60. The van der Waals surface area contributed by atoms with E-state index in [-0.39, 0.29) is 42.2 Å². The molecule has 21 heavy (non-hydrogen) atoms. The second kappa shape index (κ2) is 9.88. The third-order valence-electron chi connectivity index (χ3n) is 4.21. The summed E-state index contributed by atoms with van der Waals surface area (Å²) in [7, 11) is 0. The summed E-state index contributed by atoms with van der Waals surface area (Å²) in [5.74, 6) is 0.727. The van der Waals surface area contributed by atoms with Crippen molar-refractivity contribution in [1.29, 1.82) is 0 Å². The molecule has 2 atom stereocenters. The first-order valence-electron chi connectivity index (χ1n) is 7.56. The summed E-state index contributed by atoms with van der Waals surface area (Å²) in [5.41, 5.74) is 5.91. The van der Waals surface area contributed by atoms with Crippen LogP contribution in [0.2, 0.25) is 0 Å². The SMILES string of the molecule is CCN(CC)CC1CCN(C(=O)[C@@H](N)C(C)(C)C)C1.Cl.Cl. The third-order valence-corrected chi connectivity index (χ3v) is 4.21. The molecule has 1 unspecified atom stereocenters. The van der Waals surface area contributed by atoms with E-state index in [9.17, 15) is 4.79 Å². The Bertz CT molecular complexity index is 304. The van der Waals surface area contributed by atoms with E-state index in [0.717, 1.165) is 39.1 Å². The molecule has 0 spiro atoms. The number of carbonyl (C=O) groups excluding carboxylic acids is 1. The van der Waals surface area contributed by atoms with Crippen LogP contribution in [0.4, 0.5) is 0 Å². The molecule has 6 heteroatoms. The number of likely N-dealkylation sites (tertiary alicyclic amines) is 1. The van der Waals surface area contributed by atoms with Gasteiger partial charge in [-0.25, -0.2) is 0 Å². The topological polar surface area (TPSA) is 49.6 Å². The zero-order valence-corrected chi connectivity index (χ0v) is 15.7. The lowest BCUT2D eigenvalue weighted by molar-refractivity contribution is -0.134. The number of hydrogen-bond acceptors (Lipinski definition) is 3. The molecule has 1 rings (SSSR count). The Hall–Kier alpha value is -0.0300. The molecule has 0 saturated carbocycles. The van der Waals surface area contributed by atoms with E-state index in [2.05, 4.69) is 18.7 Å². The van der Waals surface area contributed by atoms with Gasteiger partial charge in [-0.2, -0.15) is 0 Å². The molecule has 2 N–H and O–H groups in total. The Morgan fingerprint density at radius 3 is 2.24 bits per heavy atom. The van der Waals surface area contributed by atoms with Crippen LogP contribution in [0.5, 0.6) is 0 Å². The van der Waals surface area contributed by atoms with Crippen molar-refractivity contribution < 1.29 is 4.79 Å². The average Bonchev–Trinajstić information content (AvgIpc) is 2.81.